The number of aromatic nitrogens is 3. The highest BCUT2D eigenvalue weighted by Gasteiger charge is 2.22. The van der Waals surface area contributed by atoms with Crippen molar-refractivity contribution in [2.24, 2.45) is 0 Å². The summed E-state index contributed by atoms with van der Waals surface area (Å²) in [5.41, 5.74) is 2.06. The third-order valence-corrected chi connectivity index (χ3v) is 3.32. The van der Waals surface area contributed by atoms with E-state index in [1.807, 2.05) is 10.6 Å². The average Bonchev–Trinajstić information content (AvgIpc) is 2.86. The van der Waals surface area contributed by atoms with Crippen LogP contribution in [0.1, 0.15) is 5.56 Å². The second-order valence-corrected chi connectivity index (χ2v) is 4.82. The maximum absolute atomic E-state index is 5.68. The maximum atomic E-state index is 5.68. The highest BCUT2D eigenvalue weighted by atomic mass is 16.5. The van der Waals surface area contributed by atoms with Crippen LogP contribution < -0.4 is 4.90 Å². The largest absolute Gasteiger partial charge is 0.382 e. The van der Waals surface area contributed by atoms with E-state index in [2.05, 4.69) is 28.0 Å². The monoisotopic (exact) mass is 262 g/mol. The number of aryl methyl sites for hydroxylation is 1. The van der Waals surface area contributed by atoms with E-state index < -0.39 is 0 Å². The predicted molar refractivity (Wildman–Crippen MR) is 71.6 cm³/mol. The number of pyridine rings is 1. The molecule has 1 atom stereocenters. The van der Waals surface area contributed by atoms with Gasteiger partial charge >= 0.3 is 0 Å². The Labute approximate surface area is 111 Å². The Morgan fingerprint density at radius 3 is 3.21 bits per heavy atom. The second-order valence-electron chi connectivity index (χ2n) is 4.82. The van der Waals surface area contributed by atoms with Crippen molar-refractivity contribution in [3.8, 4) is 0 Å². The number of hydrogen-bond donors (Lipinski definition) is 0. The summed E-state index contributed by atoms with van der Waals surface area (Å²) in [7, 11) is 1.70. The lowest BCUT2D eigenvalue weighted by atomic mass is 10.2. The maximum Gasteiger partial charge on any atom is 0.157 e. The van der Waals surface area contributed by atoms with Crippen molar-refractivity contribution >= 4 is 11.5 Å². The van der Waals surface area contributed by atoms with Gasteiger partial charge < -0.3 is 14.4 Å². The van der Waals surface area contributed by atoms with Crippen molar-refractivity contribution in [2.45, 2.75) is 13.0 Å². The molecular weight excluding hydrogens is 244 g/mol. The van der Waals surface area contributed by atoms with Gasteiger partial charge in [0.1, 0.15) is 12.1 Å². The van der Waals surface area contributed by atoms with Gasteiger partial charge in [-0.15, -0.1) is 0 Å². The lowest BCUT2D eigenvalue weighted by Crippen LogP contribution is -2.45. The first-order valence-corrected chi connectivity index (χ1v) is 6.44. The summed E-state index contributed by atoms with van der Waals surface area (Å²) in [6.45, 7) is 5.07. The smallest absolute Gasteiger partial charge is 0.157 e. The Hall–Kier alpha value is -1.66. The number of hydrogen-bond acceptors (Lipinski definition) is 5. The Balaban J connectivity index is 1.92. The Kier molecular flexibility index (Phi) is 3.35. The highest BCUT2D eigenvalue weighted by molar-refractivity contribution is 5.53. The van der Waals surface area contributed by atoms with Gasteiger partial charge in [-0.1, -0.05) is 0 Å². The molecule has 0 spiro atoms. The summed E-state index contributed by atoms with van der Waals surface area (Å²) in [4.78, 5) is 6.54. The van der Waals surface area contributed by atoms with Gasteiger partial charge in [0, 0.05) is 20.2 Å². The number of fused-ring (bicyclic) bond motifs is 1. The summed E-state index contributed by atoms with van der Waals surface area (Å²) < 4.78 is 12.7. The fourth-order valence-electron chi connectivity index (χ4n) is 2.47. The number of morpholine rings is 1. The van der Waals surface area contributed by atoms with Gasteiger partial charge in [0.15, 0.2) is 5.65 Å². The minimum atomic E-state index is 0.109. The number of anilines is 1. The highest BCUT2D eigenvalue weighted by Crippen LogP contribution is 2.20. The van der Waals surface area contributed by atoms with E-state index >= 15 is 0 Å². The fraction of sp³-hybridized carbons (Fsp3) is 0.538. The number of ether oxygens (including phenoxy) is 2. The SMILES string of the molecule is COC[C@@H]1CN(c2cc(C)cc3ncnn23)CCO1. The zero-order valence-electron chi connectivity index (χ0n) is 11.2. The van der Waals surface area contributed by atoms with Crippen molar-refractivity contribution < 1.29 is 9.47 Å². The van der Waals surface area contributed by atoms with Crippen molar-refractivity contribution in [3.05, 3.63) is 24.0 Å². The molecule has 1 fully saturated rings. The summed E-state index contributed by atoms with van der Waals surface area (Å²) in [6.07, 6.45) is 1.70. The van der Waals surface area contributed by atoms with E-state index in [9.17, 15) is 0 Å². The first-order chi connectivity index (χ1) is 9.28. The molecule has 0 bridgehead atoms. The number of methoxy groups -OCH3 is 1. The minimum absolute atomic E-state index is 0.109. The second kappa shape index (κ2) is 5.14. The molecule has 0 saturated carbocycles. The molecule has 0 amide bonds. The van der Waals surface area contributed by atoms with E-state index in [0.717, 1.165) is 24.6 Å². The molecule has 1 aliphatic rings. The van der Waals surface area contributed by atoms with Gasteiger partial charge in [0.05, 0.1) is 19.3 Å². The topological polar surface area (TPSA) is 51.9 Å². The van der Waals surface area contributed by atoms with E-state index in [1.165, 1.54) is 5.56 Å². The normalized spacial score (nSPS) is 20.1. The Morgan fingerprint density at radius 2 is 2.37 bits per heavy atom. The number of nitrogens with zero attached hydrogens (tertiary/aromatic N) is 4. The standard InChI is InChI=1S/C13H18N4O2/c1-10-5-12-14-9-15-17(12)13(6-10)16-3-4-19-11(7-16)8-18-2/h5-6,9,11H,3-4,7-8H2,1-2H3/t11-/m0/s1. The van der Waals surface area contributed by atoms with E-state index in [-0.39, 0.29) is 6.10 Å². The van der Waals surface area contributed by atoms with Crippen molar-refractivity contribution in [2.75, 3.05) is 38.3 Å². The van der Waals surface area contributed by atoms with Gasteiger partial charge in [0.2, 0.25) is 0 Å². The molecule has 0 unspecified atom stereocenters. The van der Waals surface area contributed by atoms with Crippen LogP contribution in [0.2, 0.25) is 0 Å². The Bertz CT molecular complexity index is 567. The van der Waals surface area contributed by atoms with E-state index in [4.69, 9.17) is 9.47 Å². The molecule has 6 nitrogen and oxygen atoms in total. The van der Waals surface area contributed by atoms with Crippen molar-refractivity contribution in [1.82, 2.24) is 14.6 Å². The molecular formula is C13H18N4O2. The van der Waals surface area contributed by atoms with Crippen LogP contribution in [-0.4, -0.2) is 54.1 Å². The van der Waals surface area contributed by atoms with Crippen LogP contribution >= 0.6 is 0 Å². The summed E-state index contributed by atoms with van der Waals surface area (Å²) in [5.74, 6) is 1.07. The molecule has 19 heavy (non-hydrogen) atoms. The zero-order chi connectivity index (χ0) is 13.2. The van der Waals surface area contributed by atoms with Crippen LogP contribution in [0.25, 0.3) is 5.65 Å². The molecule has 0 N–H and O–H groups in total. The molecule has 1 saturated heterocycles. The molecule has 102 valence electrons. The summed E-state index contributed by atoms with van der Waals surface area (Å²) >= 11 is 0. The van der Waals surface area contributed by atoms with Gasteiger partial charge in [-0.25, -0.2) is 4.98 Å². The summed E-state index contributed by atoms with van der Waals surface area (Å²) in [6, 6.07) is 4.17. The predicted octanol–water partition coefficient (Wildman–Crippen LogP) is 0.889. The summed E-state index contributed by atoms with van der Waals surface area (Å²) in [5, 5.41) is 4.30. The molecule has 0 aliphatic carbocycles. The van der Waals surface area contributed by atoms with Gasteiger partial charge in [-0.2, -0.15) is 9.61 Å². The van der Waals surface area contributed by atoms with Crippen molar-refractivity contribution in [3.63, 3.8) is 0 Å². The third-order valence-electron chi connectivity index (χ3n) is 3.32. The average molecular weight is 262 g/mol. The van der Waals surface area contributed by atoms with Gasteiger partial charge in [-0.05, 0) is 24.6 Å². The number of rotatable bonds is 3. The van der Waals surface area contributed by atoms with Crippen molar-refractivity contribution in [1.29, 1.82) is 0 Å². The van der Waals surface area contributed by atoms with Crippen LogP contribution in [0.5, 0.6) is 0 Å². The van der Waals surface area contributed by atoms with Crippen LogP contribution in [-0.2, 0) is 9.47 Å². The molecule has 2 aromatic heterocycles. The van der Waals surface area contributed by atoms with Gasteiger partial charge in [-0.3, -0.25) is 0 Å². The van der Waals surface area contributed by atoms with Gasteiger partial charge in [0.25, 0.3) is 0 Å². The lowest BCUT2D eigenvalue weighted by molar-refractivity contribution is -0.0103. The minimum Gasteiger partial charge on any atom is -0.382 e. The van der Waals surface area contributed by atoms with Crippen LogP contribution in [0, 0.1) is 6.92 Å². The first kappa shape index (κ1) is 12.4. The third kappa shape index (κ3) is 2.41. The lowest BCUT2D eigenvalue weighted by Gasteiger charge is -2.34. The van der Waals surface area contributed by atoms with E-state index in [1.54, 1.807) is 13.4 Å². The quantitative estimate of drug-likeness (QED) is 0.822. The van der Waals surface area contributed by atoms with Crippen LogP contribution in [0.15, 0.2) is 18.5 Å². The first-order valence-electron chi connectivity index (χ1n) is 6.44. The fourth-order valence-corrected chi connectivity index (χ4v) is 2.47. The molecule has 6 heteroatoms. The zero-order valence-corrected chi connectivity index (χ0v) is 11.2. The van der Waals surface area contributed by atoms with Crippen LogP contribution in [0.3, 0.4) is 0 Å². The van der Waals surface area contributed by atoms with E-state index in [0.29, 0.717) is 13.2 Å². The molecule has 1 aliphatic heterocycles. The molecule has 2 aromatic rings. The molecule has 0 aromatic carbocycles. The molecule has 3 rings (SSSR count). The molecule has 3 heterocycles. The van der Waals surface area contributed by atoms with Crippen LogP contribution in [0.4, 0.5) is 5.82 Å². The molecule has 0 radical (unpaired) electrons. The Morgan fingerprint density at radius 1 is 1.47 bits per heavy atom.